The molecule has 1 aliphatic rings. The van der Waals surface area contributed by atoms with E-state index in [-0.39, 0.29) is 11.9 Å². The van der Waals surface area contributed by atoms with Gasteiger partial charge in [0.25, 0.3) is 0 Å². The molecular formula is C14H21FN2O. The molecule has 18 heavy (non-hydrogen) atoms. The van der Waals surface area contributed by atoms with Crippen LogP contribution in [0.5, 0.6) is 5.75 Å². The van der Waals surface area contributed by atoms with Crippen LogP contribution >= 0.6 is 0 Å². The van der Waals surface area contributed by atoms with Gasteiger partial charge in [0.1, 0.15) is 0 Å². The smallest absolute Gasteiger partial charge is 0.165 e. The van der Waals surface area contributed by atoms with Gasteiger partial charge in [0.05, 0.1) is 7.11 Å². The number of hydrogen-bond acceptors (Lipinski definition) is 3. The van der Waals surface area contributed by atoms with Gasteiger partial charge in [-0.2, -0.15) is 0 Å². The Balaban J connectivity index is 1.91. The average molecular weight is 252 g/mol. The van der Waals surface area contributed by atoms with Gasteiger partial charge in [-0.25, -0.2) is 4.39 Å². The maximum absolute atomic E-state index is 13.6. The molecule has 2 atom stereocenters. The molecule has 0 saturated carbocycles. The molecule has 100 valence electrons. The van der Waals surface area contributed by atoms with Gasteiger partial charge in [-0.3, -0.25) is 0 Å². The number of ether oxygens (including phenoxy) is 1. The highest BCUT2D eigenvalue weighted by atomic mass is 19.1. The topological polar surface area (TPSA) is 33.3 Å². The lowest BCUT2D eigenvalue weighted by Gasteiger charge is -2.18. The molecule has 0 radical (unpaired) electrons. The molecule has 0 aliphatic carbocycles. The first-order valence-corrected chi connectivity index (χ1v) is 6.51. The third kappa shape index (κ3) is 3.21. The molecule has 2 unspecified atom stereocenters. The SMILES string of the molecule is COc1ccc(C(C)NCC2CCCN2)cc1F. The Kier molecular flexibility index (Phi) is 4.55. The van der Waals surface area contributed by atoms with Crippen molar-refractivity contribution in [1.29, 1.82) is 0 Å². The van der Waals surface area contributed by atoms with Crippen LogP contribution in [0.1, 0.15) is 31.4 Å². The molecule has 2 rings (SSSR count). The van der Waals surface area contributed by atoms with E-state index in [0.29, 0.717) is 11.8 Å². The Hall–Kier alpha value is -1.13. The van der Waals surface area contributed by atoms with E-state index in [2.05, 4.69) is 17.6 Å². The standard InChI is InChI=1S/C14H21FN2O/c1-10(17-9-12-4-3-7-16-12)11-5-6-14(18-2)13(15)8-11/h5-6,8,10,12,16-17H,3-4,7,9H2,1-2H3. The van der Waals surface area contributed by atoms with Crippen molar-refractivity contribution in [3.63, 3.8) is 0 Å². The van der Waals surface area contributed by atoms with Crippen molar-refractivity contribution >= 4 is 0 Å². The van der Waals surface area contributed by atoms with Crippen molar-refractivity contribution in [3.05, 3.63) is 29.6 Å². The minimum Gasteiger partial charge on any atom is -0.494 e. The summed E-state index contributed by atoms with van der Waals surface area (Å²) in [6.45, 7) is 4.09. The van der Waals surface area contributed by atoms with Gasteiger partial charge in [0.15, 0.2) is 11.6 Å². The van der Waals surface area contributed by atoms with Gasteiger partial charge in [-0.15, -0.1) is 0 Å². The zero-order valence-electron chi connectivity index (χ0n) is 11.0. The summed E-state index contributed by atoms with van der Waals surface area (Å²) in [5, 5.41) is 6.87. The minimum atomic E-state index is -0.303. The summed E-state index contributed by atoms with van der Waals surface area (Å²) in [6.07, 6.45) is 2.47. The Labute approximate surface area is 108 Å². The number of nitrogens with one attached hydrogen (secondary N) is 2. The van der Waals surface area contributed by atoms with Crippen molar-refractivity contribution in [2.45, 2.75) is 31.8 Å². The van der Waals surface area contributed by atoms with E-state index < -0.39 is 0 Å². The van der Waals surface area contributed by atoms with E-state index >= 15 is 0 Å². The molecule has 0 bridgehead atoms. The molecule has 0 amide bonds. The maximum atomic E-state index is 13.6. The van der Waals surface area contributed by atoms with Crippen LogP contribution in [0.15, 0.2) is 18.2 Å². The van der Waals surface area contributed by atoms with E-state index in [1.165, 1.54) is 20.0 Å². The fourth-order valence-electron chi connectivity index (χ4n) is 2.32. The molecule has 2 N–H and O–H groups in total. The molecule has 1 heterocycles. The maximum Gasteiger partial charge on any atom is 0.165 e. The van der Waals surface area contributed by atoms with E-state index in [4.69, 9.17) is 4.74 Å². The molecule has 1 aliphatic heterocycles. The van der Waals surface area contributed by atoms with Crippen LogP contribution in [0, 0.1) is 5.82 Å². The second-order valence-electron chi connectivity index (χ2n) is 4.82. The Morgan fingerprint density at radius 3 is 3.00 bits per heavy atom. The van der Waals surface area contributed by atoms with Crippen molar-refractivity contribution in [2.75, 3.05) is 20.2 Å². The molecule has 3 nitrogen and oxygen atoms in total. The zero-order chi connectivity index (χ0) is 13.0. The Bertz CT molecular complexity index is 391. The van der Waals surface area contributed by atoms with Gasteiger partial charge in [0.2, 0.25) is 0 Å². The number of methoxy groups -OCH3 is 1. The summed E-state index contributed by atoms with van der Waals surface area (Å²) in [5.74, 6) is -0.00829. The first-order chi connectivity index (χ1) is 8.70. The molecule has 1 saturated heterocycles. The predicted molar refractivity (Wildman–Crippen MR) is 70.4 cm³/mol. The summed E-state index contributed by atoms with van der Waals surface area (Å²) >= 11 is 0. The molecule has 4 heteroatoms. The van der Waals surface area contributed by atoms with Crippen LogP contribution in [0.3, 0.4) is 0 Å². The first kappa shape index (κ1) is 13.3. The summed E-state index contributed by atoms with van der Waals surface area (Å²) < 4.78 is 18.5. The van der Waals surface area contributed by atoms with Crippen LogP contribution in [-0.4, -0.2) is 26.2 Å². The van der Waals surface area contributed by atoms with Gasteiger partial charge in [0, 0.05) is 18.6 Å². The van der Waals surface area contributed by atoms with Crippen molar-refractivity contribution in [2.24, 2.45) is 0 Å². The normalized spacial score (nSPS) is 20.9. The molecule has 0 spiro atoms. The van der Waals surface area contributed by atoms with Gasteiger partial charge in [-0.1, -0.05) is 6.07 Å². The third-order valence-electron chi connectivity index (χ3n) is 3.51. The largest absolute Gasteiger partial charge is 0.494 e. The Morgan fingerprint density at radius 2 is 2.39 bits per heavy atom. The van der Waals surface area contributed by atoms with Gasteiger partial charge >= 0.3 is 0 Å². The van der Waals surface area contributed by atoms with Crippen LogP contribution in [-0.2, 0) is 0 Å². The van der Waals surface area contributed by atoms with Crippen molar-refractivity contribution < 1.29 is 9.13 Å². The third-order valence-corrected chi connectivity index (χ3v) is 3.51. The molecule has 0 aromatic heterocycles. The number of hydrogen-bond donors (Lipinski definition) is 2. The number of halogens is 1. The number of rotatable bonds is 5. The summed E-state index contributed by atoms with van der Waals surface area (Å²) in [6, 6.07) is 5.82. The minimum absolute atomic E-state index is 0.146. The lowest BCUT2D eigenvalue weighted by molar-refractivity contribution is 0.385. The van der Waals surface area contributed by atoms with Gasteiger partial charge in [-0.05, 0) is 44.0 Å². The van der Waals surface area contributed by atoms with Crippen LogP contribution in [0.4, 0.5) is 4.39 Å². The van der Waals surface area contributed by atoms with E-state index in [9.17, 15) is 4.39 Å². The van der Waals surface area contributed by atoms with Crippen molar-refractivity contribution in [3.8, 4) is 5.75 Å². The average Bonchev–Trinajstić information content (AvgIpc) is 2.89. The fourth-order valence-corrected chi connectivity index (χ4v) is 2.32. The zero-order valence-corrected chi connectivity index (χ0v) is 11.0. The van der Waals surface area contributed by atoms with Gasteiger partial charge < -0.3 is 15.4 Å². The van der Waals surface area contributed by atoms with E-state index in [1.54, 1.807) is 12.1 Å². The van der Waals surface area contributed by atoms with Crippen LogP contribution in [0.25, 0.3) is 0 Å². The fraction of sp³-hybridized carbons (Fsp3) is 0.571. The highest BCUT2D eigenvalue weighted by Crippen LogP contribution is 2.21. The van der Waals surface area contributed by atoms with Crippen LogP contribution < -0.4 is 15.4 Å². The first-order valence-electron chi connectivity index (χ1n) is 6.51. The molecular weight excluding hydrogens is 231 g/mol. The summed E-state index contributed by atoms with van der Waals surface area (Å²) in [5.41, 5.74) is 0.950. The second kappa shape index (κ2) is 6.16. The predicted octanol–water partition coefficient (Wildman–Crippen LogP) is 2.24. The lowest BCUT2D eigenvalue weighted by Crippen LogP contribution is -2.35. The summed E-state index contributed by atoms with van der Waals surface area (Å²) in [4.78, 5) is 0. The second-order valence-corrected chi connectivity index (χ2v) is 4.82. The highest BCUT2D eigenvalue weighted by Gasteiger charge is 2.15. The highest BCUT2D eigenvalue weighted by molar-refractivity contribution is 5.30. The molecule has 1 aromatic carbocycles. The van der Waals surface area contributed by atoms with E-state index in [1.807, 2.05) is 6.07 Å². The van der Waals surface area contributed by atoms with Crippen molar-refractivity contribution in [1.82, 2.24) is 10.6 Å². The Morgan fingerprint density at radius 1 is 1.56 bits per heavy atom. The molecule has 1 fully saturated rings. The van der Waals surface area contributed by atoms with Crippen LogP contribution in [0.2, 0.25) is 0 Å². The monoisotopic (exact) mass is 252 g/mol. The number of benzene rings is 1. The lowest BCUT2D eigenvalue weighted by atomic mass is 10.1. The quantitative estimate of drug-likeness (QED) is 0.843. The molecule has 1 aromatic rings. The van der Waals surface area contributed by atoms with E-state index in [0.717, 1.165) is 18.7 Å². The summed E-state index contributed by atoms with van der Waals surface area (Å²) in [7, 11) is 1.48.